The molecule has 0 rings (SSSR count). The average molecular weight is 612 g/mol. The minimum Gasteiger partial charge on any atom is -0.387 e. The molecule has 0 aromatic rings. The molecule has 246 valence electrons. The molecule has 7 heteroatoms. The molecule has 0 aromatic carbocycles. The van der Waals surface area contributed by atoms with Crippen LogP contribution >= 0.6 is 0 Å². The summed E-state index contributed by atoms with van der Waals surface area (Å²) in [5.74, 6) is -0.991. The highest BCUT2D eigenvalue weighted by molar-refractivity contribution is 7.85. The molecule has 3 N–H and O–H groups in total. The van der Waals surface area contributed by atoms with Crippen molar-refractivity contribution in [1.29, 1.82) is 0 Å². The summed E-state index contributed by atoms with van der Waals surface area (Å²) >= 11 is 0. The van der Waals surface area contributed by atoms with Crippen molar-refractivity contribution in [2.24, 2.45) is 0 Å². The number of aliphatic hydroxyl groups is 1. The first-order valence-electron chi connectivity index (χ1n) is 17.2. The quantitative estimate of drug-likeness (QED) is 0.0426. The monoisotopic (exact) mass is 611 g/mol. The van der Waals surface area contributed by atoms with E-state index in [0.717, 1.165) is 57.8 Å². The predicted octanol–water partition coefficient (Wildman–Crippen LogP) is 9.40. The molecule has 6 nitrogen and oxygen atoms in total. The van der Waals surface area contributed by atoms with Gasteiger partial charge in [0.1, 0.15) is 0 Å². The highest BCUT2D eigenvalue weighted by atomic mass is 32.2. The number of nitrogens with one attached hydrogen (secondary N) is 1. The van der Waals surface area contributed by atoms with Crippen molar-refractivity contribution in [3.63, 3.8) is 0 Å². The van der Waals surface area contributed by atoms with Gasteiger partial charge < -0.3 is 10.4 Å². The van der Waals surface area contributed by atoms with Crippen LogP contribution in [0.15, 0.2) is 36.5 Å². The molecular formula is C35H65NO5S. The number of amides is 1. The van der Waals surface area contributed by atoms with Gasteiger partial charge in [-0.1, -0.05) is 140 Å². The summed E-state index contributed by atoms with van der Waals surface area (Å²) in [5, 5.41) is 13.1. The predicted molar refractivity (Wildman–Crippen MR) is 179 cm³/mol. The standard InChI is InChI=1S/C35H65NO5S/c1-3-5-7-9-11-13-15-16-17-18-19-20-21-23-25-27-29-31-35(38)36-33(32-42(39,40)41)34(37)30-28-26-24-22-14-12-10-8-6-4-2/h11,13,16-17,28,30,33-34,37H,3-10,12,14-15,18-27,29,31-32H2,1-2H3,(H,36,38)(H,39,40,41)/b13-11-,17-16-,30-28+. The van der Waals surface area contributed by atoms with Gasteiger partial charge in [0, 0.05) is 6.42 Å². The molecule has 0 saturated heterocycles. The van der Waals surface area contributed by atoms with E-state index in [0.29, 0.717) is 0 Å². The minimum atomic E-state index is -4.33. The molecule has 42 heavy (non-hydrogen) atoms. The van der Waals surface area contributed by atoms with E-state index in [2.05, 4.69) is 43.5 Å². The van der Waals surface area contributed by atoms with Crippen LogP contribution in [0.2, 0.25) is 0 Å². The molecule has 0 aromatic heterocycles. The first kappa shape index (κ1) is 40.6. The zero-order valence-corrected chi connectivity index (χ0v) is 27.9. The molecule has 0 fully saturated rings. The van der Waals surface area contributed by atoms with Gasteiger partial charge in [0.15, 0.2) is 0 Å². The molecule has 0 spiro atoms. The largest absolute Gasteiger partial charge is 0.387 e. The summed E-state index contributed by atoms with van der Waals surface area (Å²) in [6.07, 6.45) is 36.9. The van der Waals surface area contributed by atoms with Crippen LogP contribution < -0.4 is 5.32 Å². The second-order valence-electron chi connectivity index (χ2n) is 11.8. The summed E-state index contributed by atoms with van der Waals surface area (Å²) in [4.78, 5) is 12.4. The third-order valence-electron chi connectivity index (χ3n) is 7.56. The van der Waals surface area contributed by atoms with Crippen LogP contribution in [0.3, 0.4) is 0 Å². The summed E-state index contributed by atoms with van der Waals surface area (Å²) < 4.78 is 32.2. The minimum absolute atomic E-state index is 0.286. The van der Waals surface area contributed by atoms with Crippen LogP contribution in [0, 0.1) is 0 Å². The maximum atomic E-state index is 12.4. The topological polar surface area (TPSA) is 104 Å². The van der Waals surface area contributed by atoms with Crippen molar-refractivity contribution in [3.05, 3.63) is 36.5 Å². The Hall–Kier alpha value is -1.44. The fourth-order valence-corrected chi connectivity index (χ4v) is 5.68. The van der Waals surface area contributed by atoms with Crippen molar-refractivity contribution in [1.82, 2.24) is 5.32 Å². The lowest BCUT2D eigenvalue weighted by Gasteiger charge is -2.21. The van der Waals surface area contributed by atoms with Crippen LogP contribution in [0.5, 0.6) is 0 Å². The first-order chi connectivity index (χ1) is 20.3. The lowest BCUT2D eigenvalue weighted by molar-refractivity contribution is -0.122. The Balaban J connectivity index is 4.00. The normalized spacial score (nSPS) is 13.9. The highest BCUT2D eigenvalue weighted by Gasteiger charge is 2.24. The third-order valence-corrected chi connectivity index (χ3v) is 8.34. The Bertz CT molecular complexity index is 806. The second kappa shape index (κ2) is 29.6. The molecule has 0 saturated carbocycles. The molecule has 0 heterocycles. The first-order valence-corrected chi connectivity index (χ1v) is 18.8. The number of unbranched alkanes of at least 4 members (excludes halogenated alkanes) is 18. The van der Waals surface area contributed by atoms with Crippen molar-refractivity contribution in [2.45, 2.75) is 174 Å². The van der Waals surface area contributed by atoms with E-state index >= 15 is 0 Å². The Kier molecular flexibility index (Phi) is 28.6. The fraction of sp³-hybridized carbons (Fsp3) is 0.800. The lowest BCUT2D eigenvalue weighted by Crippen LogP contribution is -2.46. The Morgan fingerprint density at radius 3 is 1.60 bits per heavy atom. The number of allylic oxidation sites excluding steroid dienone is 5. The molecule has 0 aliphatic rings. The van der Waals surface area contributed by atoms with Crippen LogP contribution in [0.25, 0.3) is 0 Å². The van der Waals surface area contributed by atoms with Gasteiger partial charge in [0.05, 0.1) is 17.9 Å². The molecule has 0 bridgehead atoms. The Labute approximate surface area is 259 Å². The van der Waals surface area contributed by atoms with Crippen molar-refractivity contribution in [3.8, 4) is 0 Å². The summed E-state index contributed by atoms with van der Waals surface area (Å²) in [7, 11) is -4.33. The second-order valence-corrected chi connectivity index (χ2v) is 13.3. The summed E-state index contributed by atoms with van der Waals surface area (Å²) in [5.41, 5.74) is 0. The summed E-state index contributed by atoms with van der Waals surface area (Å²) in [6, 6.07) is -1.06. The van der Waals surface area contributed by atoms with E-state index < -0.39 is 28.0 Å². The molecule has 1 amide bonds. The maximum Gasteiger partial charge on any atom is 0.267 e. The molecule has 0 aliphatic carbocycles. The zero-order valence-electron chi connectivity index (χ0n) is 27.1. The van der Waals surface area contributed by atoms with Gasteiger partial charge >= 0.3 is 0 Å². The molecule has 0 radical (unpaired) electrons. The molecule has 0 aliphatic heterocycles. The number of hydrogen-bond acceptors (Lipinski definition) is 4. The molecule has 2 unspecified atom stereocenters. The van der Waals surface area contributed by atoms with Crippen molar-refractivity contribution < 1.29 is 22.9 Å². The van der Waals surface area contributed by atoms with E-state index in [1.54, 1.807) is 6.08 Å². The van der Waals surface area contributed by atoms with Crippen molar-refractivity contribution in [2.75, 3.05) is 5.75 Å². The SMILES string of the molecule is CCCCC/C=C\C/C=C\CCCCCCCCCC(=O)NC(CS(=O)(=O)O)C(O)/C=C/CCCCCCCCCC. The number of rotatable bonds is 30. The zero-order chi connectivity index (χ0) is 31.2. The van der Waals surface area contributed by atoms with E-state index in [1.807, 2.05) is 6.08 Å². The number of carbonyl (C=O) groups excluding carboxylic acids is 1. The van der Waals surface area contributed by atoms with Gasteiger partial charge in [-0.25, -0.2) is 0 Å². The van der Waals surface area contributed by atoms with Gasteiger partial charge in [-0.15, -0.1) is 0 Å². The van der Waals surface area contributed by atoms with Gasteiger partial charge in [0.25, 0.3) is 10.1 Å². The van der Waals surface area contributed by atoms with Gasteiger partial charge in [-0.05, 0) is 51.4 Å². The number of hydrogen-bond donors (Lipinski definition) is 3. The van der Waals surface area contributed by atoms with E-state index in [9.17, 15) is 22.9 Å². The van der Waals surface area contributed by atoms with Gasteiger partial charge in [0.2, 0.25) is 5.91 Å². The van der Waals surface area contributed by atoms with Gasteiger partial charge in [-0.2, -0.15) is 8.42 Å². The van der Waals surface area contributed by atoms with Crippen molar-refractivity contribution >= 4 is 16.0 Å². The molecular weight excluding hydrogens is 546 g/mol. The average Bonchev–Trinajstić information content (AvgIpc) is 2.94. The van der Waals surface area contributed by atoms with Gasteiger partial charge in [-0.3, -0.25) is 9.35 Å². The lowest BCUT2D eigenvalue weighted by atomic mass is 10.1. The Morgan fingerprint density at radius 2 is 1.07 bits per heavy atom. The molecule has 2 atom stereocenters. The van der Waals surface area contributed by atoms with Crippen LogP contribution in [0.4, 0.5) is 0 Å². The fourth-order valence-electron chi connectivity index (χ4n) is 4.95. The highest BCUT2D eigenvalue weighted by Crippen LogP contribution is 2.12. The third kappa shape index (κ3) is 30.0. The van der Waals surface area contributed by atoms with E-state index in [1.165, 1.54) is 83.5 Å². The van der Waals surface area contributed by atoms with Crippen LogP contribution in [-0.2, 0) is 14.9 Å². The Morgan fingerprint density at radius 1 is 0.643 bits per heavy atom. The number of aliphatic hydroxyl groups excluding tert-OH is 1. The van der Waals surface area contributed by atoms with E-state index in [4.69, 9.17) is 0 Å². The summed E-state index contributed by atoms with van der Waals surface area (Å²) in [6.45, 7) is 4.45. The van der Waals surface area contributed by atoms with Crippen LogP contribution in [-0.4, -0.2) is 41.9 Å². The maximum absolute atomic E-state index is 12.4. The smallest absolute Gasteiger partial charge is 0.267 e. The van der Waals surface area contributed by atoms with Crippen LogP contribution in [0.1, 0.15) is 162 Å². The number of carbonyl (C=O) groups is 1. The van der Waals surface area contributed by atoms with E-state index in [-0.39, 0.29) is 12.3 Å².